The van der Waals surface area contributed by atoms with Crippen LogP contribution in [0.5, 0.6) is 5.75 Å². The van der Waals surface area contributed by atoms with Crippen molar-refractivity contribution in [3.05, 3.63) is 23.2 Å². The summed E-state index contributed by atoms with van der Waals surface area (Å²) in [7, 11) is 0. The first-order chi connectivity index (χ1) is 9.37. The molecule has 1 aromatic rings. The van der Waals surface area contributed by atoms with Crippen LogP contribution in [0.25, 0.3) is 0 Å². The quantitative estimate of drug-likeness (QED) is 0.780. The van der Waals surface area contributed by atoms with E-state index in [0.717, 1.165) is 38.2 Å². The van der Waals surface area contributed by atoms with E-state index < -0.39 is 6.36 Å². The lowest BCUT2D eigenvalue weighted by atomic mass is 9.97. The van der Waals surface area contributed by atoms with Crippen molar-refractivity contribution in [1.82, 2.24) is 0 Å². The molecule has 0 amide bonds. The molecule has 0 atom stereocenters. The van der Waals surface area contributed by atoms with Crippen molar-refractivity contribution >= 4 is 17.3 Å². The van der Waals surface area contributed by atoms with Gasteiger partial charge in [0.2, 0.25) is 0 Å². The average molecular weight is 308 g/mol. The number of halogens is 4. The summed E-state index contributed by atoms with van der Waals surface area (Å²) in [5.74, 6) is -0.301. The highest BCUT2D eigenvalue weighted by Gasteiger charge is 2.46. The lowest BCUT2D eigenvalue weighted by molar-refractivity contribution is -0.274. The first-order valence-electron chi connectivity index (χ1n) is 6.31. The van der Waals surface area contributed by atoms with Crippen LogP contribution in [0.3, 0.4) is 0 Å². The van der Waals surface area contributed by atoms with E-state index in [1.807, 2.05) is 0 Å². The highest BCUT2D eigenvalue weighted by Crippen LogP contribution is 2.40. The summed E-state index contributed by atoms with van der Waals surface area (Å²) in [6.07, 6.45) is -2.86. The predicted octanol–water partition coefficient (Wildman–Crippen LogP) is 3.61. The summed E-state index contributed by atoms with van der Waals surface area (Å²) in [6, 6.07) is 4.05. The zero-order chi connectivity index (χ0) is 14.4. The first kappa shape index (κ1) is 13.8. The third-order valence-corrected chi connectivity index (χ3v) is 4.02. The maximum Gasteiger partial charge on any atom is 0.573 e. The Morgan fingerprint density at radius 2 is 1.90 bits per heavy atom. The molecular formula is C13H13ClF3NO2. The van der Waals surface area contributed by atoms with E-state index in [1.165, 1.54) is 12.1 Å². The highest BCUT2D eigenvalue weighted by atomic mass is 35.5. The molecule has 7 heteroatoms. The number of hydrogen-bond donors (Lipinski definition) is 0. The Morgan fingerprint density at radius 1 is 1.25 bits per heavy atom. The fourth-order valence-corrected chi connectivity index (χ4v) is 2.78. The molecule has 3 nitrogen and oxygen atoms in total. The van der Waals surface area contributed by atoms with Gasteiger partial charge < -0.3 is 14.4 Å². The molecule has 0 radical (unpaired) electrons. The van der Waals surface area contributed by atoms with Crippen molar-refractivity contribution in [1.29, 1.82) is 0 Å². The zero-order valence-corrected chi connectivity index (χ0v) is 11.3. The molecule has 0 saturated carbocycles. The van der Waals surface area contributed by atoms with Gasteiger partial charge in [0, 0.05) is 19.2 Å². The molecule has 2 heterocycles. The molecule has 0 N–H and O–H groups in total. The smallest absolute Gasteiger partial charge is 0.406 e. The van der Waals surface area contributed by atoms with Crippen molar-refractivity contribution in [2.24, 2.45) is 0 Å². The first-order valence-corrected chi connectivity index (χ1v) is 6.69. The molecule has 1 spiro atoms. The molecule has 2 fully saturated rings. The maximum atomic E-state index is 12.1. The van der Waals surface area contributed by atoms with Crippen molar-refractivity contribution in [2.75, 3.05) is 24.6 Å². The molecule has 110 valence electrons. The third kappa shape index (κ3) is 2.96. The second kappa shape index (κ2) is 4.70. The molecule has 0 bridgehead atoms. The van der Waals surface area contributed by atoms with E-state index in [4.69, 9.17) is 16.3 Å². The Morgan fingerprint density at radius 3 is 2.40 bits per heavy atom. The van der Waals surface area contributed by atoms with Gasteiger partial charge in [-0.2, -0.15) is 0 Å². The molecule has 0 aromatic heterocycles. The number of hydrogen-bond acceptors (Lipinski definition) is 3. The van der Waals surface area contributed by atoms with Gasteiger partial charge in [-0.15, -0.1) is 13.2 Å². The van der Waals surface area contributed by atoms with Crippen LogP contribution in [0, 0.1) is 0 Å². The van der Waals surface area contributed by atoms with Crippen LogP contribution in [0.1, 0.15) is 12.8 Å². The standard InChI is InChI=1S/C13H13ClF3NO2/c14-10-7-9(20-13(15,16)17)1-2-11(10)18-5-3-12(4-6-18)8-19-12/h1-2,7H,3-6,8H2. The van der Waals surface area contributed by atoms with Gasteiger partial charge in [-0.1, -0.05) is 11.6 Å². The molecule has 20 heavy (non-hydrogen) atoms. The highest BCUT2D eigenvalue weighted by molar-refractivity contribution is 6.33. The number of epoxide rings is 1. The zero-order valence-electron chi connectivity index (χ0n) is 10.5. The molecule has 2 aliphatic rings. The molecule has 3 rings (SSSR count). The summed E-state index contributed by atoms with van der Waals surface area (Å²) < 4.78 is 45.7. The second-order valence-electron chi connectivity index (χ2n) is 5.12. The Balaban J connectivity index is 1.71. The van der Waals surface area contributed by atoms with Crippen LogP contribution < -0.4 is 9.64 Å². The lowest BCUT2D eigenvalue weighted by Crippen LogP contribution is -2.37. The number of piperidine rings is 1. The van der Waals surface area contributed by atoms with Gasteiger partial charge in [-0.3, -0.25) is 0 Å². The Bertz CT molecular complexity index is 507. The van der Waals surface area contributed by atoms with Gasteiger partial charge in [-0.25, -0.2) is 0 Å². The van der Waals surface area contributed by atoms with Crippen molar-refractivity contribution in [3.8, 4) is 5.75 Å². The minimum atomic E-state index is -4.70. The number of benzene rings is 1. The van der Waals surface area contributed by atoms with E-state index >= 15 is 0 Å². The van der Waals surface area contributed by atoms with E-state index in [9.17, 15) is 13.2 Å². The molecule has 0 aliphatic carbocycles. The van der Waals surface area contributed by atoms with E-state index in [1.54, 1.807) is 6.07 Å². The predicted molar refractivity (Wildman–Crippen MR) is 68.3 cm³/mol. The second-order valence-corrected chi connectivity index (χ2v) is 5.53. The topological polar surface area (TPSA) is 25.0 Å². The van der Waals surface area contributed by atoms with Crippen molar-refractivity contribution in [2.45, 2.75) is 24.8 Å². The molecular weight excluding hydrogens is 295 g/mol. The molecule has 2 aliphatic heterocycles. The Labute approximate surface area is 119 Å². The number of ether oxygens (including phenoxy) is 2. The number of alkyl halides is 3. The monoisotopic (exact) mass is 307 g/mol. The lowest BCUT2D eigenvalue weighted by Gasteiger charge is -2.32. The average Bonchev–Trinajstić information content (AvgIpc) is 3.09. The minimum absolute atomic E-state index is 0.0578. The van der Waals surface area contributed by atoms with E-state index in [-0.39, 0.29) is 16.4 Å². The molecule has 1 aromatic carbocycles. The van der Waals surface area contributed by atoms with Crippen LogP contribution in [0.4, 0.5) is 18.9 Å². The summed E-state index contributed by atoms with van der Waals surface area (Å²) in [5.41, 5.74) is 0.791. The summed E-state index contributed by atoms with van der Waals surface area (Å²) in [6.45, 7) is 2.39. The fourth-order valence-electron chi connectivity index (χ4n) is 2.49. The van der Waals surface area contributed by atoms with E-state index in [2.05, 4.69) is 9.64 Å². The summed E-state index contributed by atoms with van der Waals surface area (Å²) >= 11 is 6.06. The minimum Gasteiger partial charge on any atom is -0.406 e. The Hall–Kier alpha value is -1.14. The fraction of sp³-hybridized carbons (Fsp3) is 0.538. The number of anilines is 1. The van der Waals surface area contributed by atoms with Crippen LogP contribution in [0.15, 0.2) is 18.2 Å². The summed E-state index contributed by atoms with van der Waals surface area (Å²) in [4.78, 5) is 2.06. The third-order valence-electron chi connectivity index (χ3n) is 3.72. The summed E-state index contributed by atoms with van der Waals surface area (Å²) in [5, 5.41) is 0.263. The van der Waals surface area contributed by atoms with Crippen LogP contribution in [-0.4, -0.2) is 31.7 Å². The largest absolute Gasteiger partial charge is 0.573 e. The van der Waals surface area contributed by atoms with Gasteiger partial charge in [0.15, 0.2) is 0 Å². The SMILES string of the molecule is FC(F)(F)Oc1ccc(N2CCC3(CC2)CO3)c(Cl)c1. The molecule has 0 unspecified atom stereocenters. The Kier molecular flexibility index (Phi) is 3.25. The molecule has 2 saturated heterocycles. The van der Waals surface area contributed by atoms with Crippen molar-refractivity contribution < 1.29 is 22.6 Å². The number of nitrogens with zero attached hydrogens (tertiary/aromatic N) is 1. The van der Waals surface area contributed by atoms with Gasteiger partial charge in [0.1, 0.15) is 5.75 Å². The number of rotatable bonds is 2. The normalized spacial score (nSPS) is 21.1. The van der Waals surface area contributed by atoms with Gasteiger partial charge >= 0.3 is 6.36 Å². The van der Waals surface area contributed by atoms with Gasteiger partial charge in [-0.05, 0) is 25.0 Å². The van der Waals surface area contributed by atoms with Crippen molar-refractivity contribution in [3.63, 3.8) is 0 Å². The van der Waals surface area contributed by atoms with Crippen LogP contribution >= 0.6 is 11.6 Å². The van der Waals surface area contributed by atoms with Gasteiger partial charge in [0.05, 0.1) is 22.9 Å². The van der Waals surface area contributed by atoms with Gasteiger partial charge in [0.25, 0.3) is 0 Å². The van der Waals surface area contributed by atoms with E-state index in [0.29, 0.717) is 0 Å². The van der Waals surface area contributed by atoms with Crippen LogP contribution in [0.2, 0.25) is 5.02 Å². The maximum absolute atomic E-state index is 12.1. The van der Waals surface area contributed by atoms with Crippen LogP contribution in [-0.2, 0) is 4.74 Å².